The van der Waals surface area contributed by atoms with Crippen LogP contribution in [-0.4, -0.2) is 24.1 Å². The van der Waals surface area contributed by atoms with Gasteiger partial charge < -0.3 is 9.53 Å². The number of Topliss-reactive ketones (excluding diaryl/α,β-unsaturated/α-hetero) is 1. The van der Waals surface area contributed by atoms with Gasteiger partial charge in [0.2, 0.25) is 0 Å². The van der Waals surface area contributed by atoms with Crippen LogP contribution in [0.25, 0.3) is 0 Å². The lowest BCUT2D eigenvalue weighted by Crippen LogP contribution is -2.24. The SMILES string of the molecule is CC(=O)CC(OC(C)=O)C1C(C=O)C1(C)C. The molecule has 0 radical (unpaired) electrons. The van der Waals surface area contributed by atoms with Crippen molar-refractivity contribution in [1.29, 1.82) is 0 Å². The molecule has 1 aliphatic rings. The predicted octanol–water partition coefficient (Wildman–Crippen LogP) is 1.37. The van der Waals surface area contributed by atoms with Crippen LogP contribution in [0, 0.1) is 17.3 Å². The molecule has 1 aliphatic carbocycles. The number of carbonyl (C=O) groups excluding carboxylic acids is 3. The standard InChI is InChI=1S/C12H18O4/c1-7(14)5-10(16-8(2)15)11-9(6-13)12(11,3)4/h6,9-11H,5H2,1-4H3. The van der Waals surface area contributed by atoms with Gasteiger partial charge in [0, 0.05) is 25.2 Å². The second kappa shape index (κ2) is 4.36. The Morgan fingerprint density at radius 2 is 1.94 bits per heavy atom. The second-order valence-corrected chi connectivity index (χ2v) is 5.06. The summed E-state index contributed by atoms with van der Waals surface area (Å²) in [6.45, 7) is 6.68. The molecule has 0 spiro atoms. The van der Waals surface area contributed by atoms with Crippen molar-refractivity contribution in [3.63, 3.8) is 0 Å². The van der Waals surface area contributed by atoms with Gasteiger partial charge in [-0.05, 0) is 12.3 Å². The Morgan fingerprint density at radius 3 is 2.25 bits per heavy atom. The van der Waals surface area contributed by atoms with Crippen molar-refractivity contribution < 1.29 is 19.1 Å². The monoisotopic (exact) mass is 226 g/mol. The topological polar surface area (TPSA) is 60.4 Å². The van der Waals surface area contributed by atoms with E-state index in [0.717, 1.165) is 6.29 Å². The highest BCUT2D eigenvalue weighted by atomic mass is 16.5. The average Bonchev–Trinajstić information content (AvgIpc) is 2.64. The molecular weight excluding hydrogens is 208 g/mol. The zero-order valence-corrected chi connectivity index (χ0v) is 10.1. The maximum Gasteiger partial charge on any atom is 0.302 e. The Morgan fingerprint density at radius 1 is 1.38 bits per heavy atom. The normalized spacial score (nSPS) is 28.0. The number of ketones is 1. The first kappa shape index (κ1) is 12.9. The molecule has 3 unspecified atom stereocenters. The van der Waals surface area contributed by atoms with Crippen LogP contribution in [0.1, 0.15) is 34.1 Å². The van der Waals surface area contributed by atoms with Crippen molar-refractivity contribution in [2.45, 2.75) is 40.2 Å². The zero-order valence-electron chi connectivity index (χ0n) is 10.1. The van der Waals surface area contributed by atoms with Gasteiger partial charge in [-0.15, -0.1) is 0 Å². The predicted molar refractivity (Wildman–Crippen MR) is 57.7 cm³/mol. The van der Waals surface area contributed by atoms with E-state index in [1.54, 1.807) is 0 Å². The first-order chi connectivity index (χ1) is 7.30. The van der Waals surface area contributed by atoms with Crippen LogP contribution in [0.15, 0.2) is 0 Å². The van der Waals surface area contributed by atoms with Crippen molar-refractivity contribution >= 4 is 18.0 Å². The molecule has 0 aromatic carbocycles. The van der Waals surface area contributed by atoms with E-state index < -0.39 is 12.1 Å². The molecule has 4 nitrogen and oxygen atoms in total. The van der Waals surface area contributed by atoms with E-state index in [4.69, 9.17) is 4.74 Å². The third-order valence-corrected chi connectivity index (χ3v) is 3.35. The Labute approximate surface area is 95.3 Å². The van der Waals surface area contributed by atoms with E-state index in [1.165, 1.54) is 13.8 Å². The highest BCUT2D eigenvalue weighted by Crippen LogP contribution is 2.59. The molecule has 0 amide bonds. The van der Waals surface area contributed by atoms with Crippen molar-refractivity contribution in [2.75, 3.05) is 0 Å². The summed E-state index contributed by atoms with van der Waals surface area (Å²) < 4.78 is 5.13. The number of aldehydes is 1. The molecule has 0 aliphatic heterocycles. The van der Waals surface area contributed by atoms with Crippen molar-refractivity contribution in [1.82, 2.24) is 0 Å². The minimum atomic E-state index is -0.458. The summed E-state index contributed by atoms with van der Waals surface area (Å²) in [6.07, 6.45) is 0.625. The maximum absolute atomic E-state index is 11.1. The maximum atomic E-state index is 11.1. The van der Waals surface area contributed by atoms with Gasteiger partial charge in [0.05, 0.1) is 0 Å². The van der Waals surface area contributed by atoms with Gasteiger partial charge >= 0.3 is 5.97 Å². The van der Waals surface area contributed by atoms with Gasteiger partial charge in [0.1, 0.15) is 18.2 Å². The van der Waals surface area contributed by atoms with Crippen LogP contribution in [0.5, 0.6) is 0 Å². The summed E-state index contributed by atoms with van der Waals surface area (Å²) in [5.41, 5.74) is -0.169. The lowest BCUT2D eigenvalue weighted by molar-refractivity contribution is -0.149. The molecule has 0 bridgehead atoms. The van der Waals surface area contributed by atoms with E-state index in [1.807, 2.05) is 13.8 Å². The second-order valence-electron chi connectivity index (χ2n) is 5.06. The van der Waals surface area contributed by atoms with Gasteiger partial charge in [-0.3, -0.25) is 9.59 Å². The van der Waals surface area contributed by atoms with Crippen LogP contribution < -0.4 is 0 Å². The highest BCUT2D eigenvalue weighted by molar-refractivity contribution is 5.77. The molecule has 0 N–H and O–H groups in total. The average molecular weight is 226 g/mol. The van der Waals surface area contributed by atoms with Crippen LogP contribution in [0.2, 0.25) is 0 Å². The van der Waals surface area contributed by atoms with Crippen molar-refractivity contribution in [3.8, 4) is 0 Å². The van der Waals surface area contributed by atoms with Crippen molar-refractivity contribution in [3.05, 3.63) is 0 Å². The van der Waals surface area contributed by atoms with Crippen molar-refractivity contribution in [2.24, 2.45) is 17.3 Å². The number of carbonyl (C=O) groups is 3. The van der Waals surface area contributed by atoms with Crippen LogP contribution in [0.3, 0.4) is 0 Å². The number of hydrogen-bond donors (Lipinski definition) is 0. The fourth-order valence-corrected chi connectivity index (χ4v) is 2.43. The lowest BCUT2D eigenvalue weighted by Gasteiger charge is -2.17. The molecule has 0 aromatic heterocycles. The zero-order chi connectivity index (χ0) is 12.5. The van der Waals surface area contributed by atoms with E-state index in [9.17, 15) is 14.4 Å². The van der Waals surface area contributed by atoms with E-state index in [0.29, 0.717) is 0 Å². The van der Waals surface area contributed by atoms with Crippen LogP contribution in [0.4, 0.5) is 0 Å². The Balaban J connectivity index is 2.74. The van der Waals surface area contributed by atoms with Gasteiger partial charge in [-0.2, -0.15) is 0 Å². The van der Waals surface area contributed by atoms with Gasteiger partial charge in [-0.1, -0.05) is 13.8 Å². The minimum Gasteiger partial charge on any atom is -0.462 e. The fourth-order valence-electron chi connectivity index (χ4n) is 2.43. The number of esters is 1. The smallest absolute Gasteiger partial charge is 0.302 e. The van der Waals surface area contributed by atoms with E-state index in [-0.39, 0.29) is 29.5 Å². The number of hydrogen-bond acceptors (Lipinski definition) is 4. The van der Waals surface area contributed by atoms with E-state index >= 15 is 0 Å². The fraction of sp³-hybridized carbons (Fsp3) is 0.750. The number of ether oxygens (including phenoxy) is 1. The minimum absolute atomic E-state index is 0.0291. The highest BCUT2D eigenvalue weighted by Gasteiger charge is 2.62. The van der Waals surface area contributed by atoms with Gasteiger partial charge in [-0.25, -0.2) is 0 Å². The molecule has 3 atom stereocenters. The summed E-state index contributed by atoms with van der Waals surface area (Å²) in [7, 11) is 0. The molecule has 4 heteroatoms. The molecule has 1 rings (SSSR count). The quantitative estimate of drug-likeness (QED) is 0.524. The summed E-state index contributed by atoms with van der Waals surface area (Å²) >= 11 is 0. The molecular formula is C12H18O4. The largest absolute Gasteiger partial charge is 0.462 e. The summed E-state index contributed by atoms with van der Waals surface area (Å²) in [6, 6.07) is 0. The lowest BCUT2D eigenvalue weighted by atomic mass is 10.0. The molecule has 0 saturated heterocycles. The Bertz CT molecular complexity index is 303. The molecule has 1 saturated carbocycles. The van der Waals surface area contributed by atoms with Gasteiger partial charge in [0.25, 0.3) is 0 Å². The first-order valence-electron chi connectivity index (χ1n) is 5.42. The third kappa shape index (κ3) is 2.49. The molecule has 0 heterocycles. The molecule has 16 heavy (non-hydrogen) atoms. The van der Waals surface area contributed by atoms with Crippen LogP contribution >= 0.6 is 0 Å². The molecule has 0 aromatic rings. The number of rotatable bonds is 5. The summed E-state index contributed by atoms with van der Waals surface area (Å²) in [5, 5.41) is 0. The Kier molecular flexibility index (Phi) is 3.51. The third-order valence-electron chi connectivity index (χ3n) is 3.35. The van der Waals surface area contributed by atoms with Gasteiger partial charge in [0.15, 0.2) is 0 Å². The molecule has 90 valence electrons. The molecule has 1 fully saturated rings. The van der Waals surface area contributed by atoms with Crippen LogP contribution in [-0.2, 0) is 19.1 Å². The first-order valence-corrected chi connectivity index (χ1v) is 5.42. The Hall–Kier alpha value is -1.19. The summed E-state index contributed by atoms with van der Waals surface area (Å²) in [5.74, 6) is -0.578. The summed E-state index contributed by atoms with van der Waals surface area (Å²) in [4.78, 5) is 32.9. The van der Waals surface area contributed by atoms with E-state index in [2.05, 4.69) is 0 Å².